The van der Waals surface area contributed by atoms with Crippen LogP contribution in [0.4, 0.5) is 0 Å². The first-order valence-corrected chi connectivity index (χ1v) is 9.40. The molecule has 1 fully saturated rings. The zero-order chi connectivity index (χ0) is 16.4. The molecule has 3 rings (SSSR count). The van der Waals surface area contributed by atoms with Crippen molar-refractivity contribution < 1.29 is 9.32 Å². The molecule has 0 aromatic carbocycles. The van der Waals surface area contributed by atoms with Gasteiger partial charge in [-0.1, -0.05) is 5.16 Å². The highest BCUT2D eigenvalue weighted by Crippen LogP contribution is 2.25. The van der Waals surface area contributed by atoms with E-state index in [4.69, 9.17) is 4.52 Å². The van der Waals surface area contributed by atoms with Crippen LogP contribution >= 0.6 is 27.3 Å². The number of nitrogens with zero attached hydrogens (tertiary/aromatic N) is 3. The standard InChI is InChI=1S/C16H20BrN3O2S/c1-11-13(12(2)22-18-11)10-19-5-3-6-20(8-7-19)16(21)15-14(17)4-9-23-15/h4,9H,3,5-8,10H2,1-2H3. The van der Waals surface area contributed by atoms with Crippen LogP contribution in [-0.4, -0.2) is 47.0 Å². The second-order valence-electron chi connectivity index (χ2n) is 5.82. The summed E-state index contributed by atoms with van der Waals surface area (Å²) < 4.78 is 6.14. The summed E-state index contributed by atoms with van der Waals surface area (Å²) >= 11 is 4.95. The Balaban J connectivity index is 1.63. The van der Waals surface area contributed by atoms with Gasteiger partial charge in [0.15, 0.2) is 0 Å². The highest BCUT2D eigenvalue weighted by Gasteiger charge is 2.23. The first-order valence-electron chi connectivity index (χ1n) is 7.72. The van der Waals surface area contributed by atoms with Crippen LogP contribution in [-0.2, 0) is 6.54 Å². The van der Waals surface area contributed by atoms with E-state index in [1.165, 1.54) is 16.9 Å². The van der Waals surface area contributed by atoms with Crippen LogP contribution in [0.15, 0.2) is 20.4 Å². The second-order valence-corrected chi connectivity index (χ2v) is 7.59. The summed E-state index contributed by atoms with van der Waals surface area (Å²) in [7, 11) is 0. The van der Waals surface area contributed by atoms with E-state index in [9.17, 15) is 4.79 Å². The van der Waals surface area contributed by atoms with Gasteiger partial charge < -0.3 is 9.42 Å². The predicted molar refractivity (Wildman–Crippen MR) is 93.8 cm³/mol. The van der Waals surface area contributed by atoms with Crippen LogP contribution in [0.5, 0.6) is 0 Å². The molecule has 5 nitrogen and oxygen atoms in total. The summed E-state index contributed by atoms with van der Waals surface area (Å²) in [6, 6.07) is 1.93. The van der Waals surface area contributed by atoms with E-state index in [2.05, 4.69) is 26.0 Å². The van der Waals surface area contributed by atoms with Gasteiger partial charge in [0.2, 0.25) is 0 Å². The van der Waals surface area contributed by atoms with Gasteiger partial charge in [0.1, 0.15) is 10.6 Å². The SMILES string of the molecule is Cc1noc(C)c1CN1CCCN(C(=O)c2sccc2Br)CC1. The number of amides is 1. The van der Waals surface area contributed by atoms with Crippen LogP contribution in [0, 0.1) is 13.8 Å². The largest absolute Gasteiger partial charge is 0.361 e. The summed E-state index contributed by atoms with van der Waals surface area (Å²) in [6.45, 7) is 8.20. The number of carbonyl (C=O) groups is 1. The molecule has 0 unspecified atom stereocenters. The van der Waals surface area contributed by atoms with Gasteiger partial charge in [0, 0.05) is 42.8 Å². The lowest BCUT2D eigenvalue weighted by Crippen LogP contribution is -2.34. The molecule has 1 amide bonds. The molecule has 0 aliphatic carbocycles. The number of halogens is 1. The summed E-state index contributed by atoms with van der Waals surface area (Å²) in [5, 5.41) is 5.97. The van der Waals surface area contributed by atoms with Gasteiger partial charge in [-0.25, -0.2) is 0 Å². The lowest BCUT2D eigenvalue weighted by molar-refractivity contribution is 0.0765. The molecule has 0 N–H and O–H groups in total. The Morgan fingerprint density at radius 1 is 1.35 bits per heavy atom. The normalized spacial score (nSPS) is 16.6. The Morgan fingerprint density at radius 2 is 2.17 bits per heavy atom. The number of aromatic nitrogens is 1. The van der Waals surface area contributed by atoms with Crippen molar-refractivity contribution in [2.45, 2.75) is 26.8 Å². The number of thiophene rings is 1. The van der Waals surface area contributed by atoms with Gasteiger partial charge >= 0.3 is 0 Å². The number of carbonyl (C=O) groups excluding carboxylic acids is 1. The van der Waals surface area contributed by atoms with E-state index in [0.29, 0.717) is 0 Å². The van der Waals surface area contributed by atoms with Gasteiger partial charge in [0.25, 0.3) is 5.91 Å². The van der Waals surface area contributed by atoms with Crippen molar-refractivity contribution in [3.8, 4) is 0 Å². The van der Waals surface area contributed by atoms with Crippen LogP contribution in [0.3, 0.4) is 0 Å². The summed E-state index contributed by atoms with van der Waals surface area (Å²) in [5.41, 5.74) is 2.13. The van der Waals surface area contributed by atoms with Gasteiger partial charge in [-0.2, -0.15) is 0 Å². The minimum Gasteiger partial charge on any atom is -0.361 e. The molecule has 0 radical (unpaired) electrons. The van der Waals surface area contributed by atoms with E-state index in [1.807, 2.05) is 30.2 Å². The fraction of sp³-hybridized carbons (Fsp3) is 0.500. The van der Waals surface area contributed by atoms with Crippen molar-refractivity contribution in [1.29, 1.82) is 0 Å². The maximum Gasteiger partial charge on any atom is 0.265 e. The van der Waals surface area contributed by atoms with E-state index in [0.717, 1.165) is 59.9 Å². The topological polar surface area (TPSA) is 49.6 Å². The highest BCUT2D eigenvalue weighted by molar-refractivity contribution is 9.10. The van der Waals surface area contributed by atoms with E-state index in [1.54, 1.807) is 0 Å². The molecule has 23 heavy (non-hydrogen) atoms. The zero-order valence-electron chi connectivity index (χ0n) is 13.3. The minimum atomic E-state index is 0.131. The number of hydrogen-bond acceptors (Lipinski definition) is 5. The third kappa shape index (κ3) is 3.67. The van der Waals surface area contributed by atoms with Crippen molar-refractivity contribution in [3.05, 3.63) is 37.8 Å². The molecular weight excluding hydrogens is 378 g/mol. The first-order chi connectivity index (χ1) is 11.1. The summed E-state index contributed by atoms with van der Waals surface area (Å²) in [4.78, 5) is 17.8. The molecule has 1 aliphatic heterocycles. The third-order valence-electron chi connectivity index (χ3n) is 4.25. The van der Waals surface area contributed by atoms with Crippen molar-refractivity contribution in [2.24, 2.45) is 0 Å². The average molecular weight is 398 g/mol. The smallest absolute Gasteiger partial charge is 0.265 e. The van der Waals surface area contributed by atoms with Crippen LogP contribution in [0.1, 0.15) is 33.1 Å². The minimum absolute atomic E-state index is 0.131. The molecule has 0 atom stereocenters. The van der Waals surface area contributed by atoms with Crippen LogP contribution < -0.4 is 0 Å². The monoisotopic (exact) mass is 397 g/mol. The molecule has 3 heterocycles. The quantitative estimate of drug-likeness (QED) is 0.795. The number of rotatable bonds is 3. The molecule has 2 aromatic heterocycles. The molecular formula is C16H20BrN3O2S. The molecule has 0 saturated carbocycles. The maximum atomic E-state index is 12.6. The van der Waals surface area contributed by atoms with Crippen molar-refractivity contribution >= 4 is 33.2 Å². The molecule has 0 spiro atoms. The second kappa shape index (κ2) is 7.15. The van der Waals surface area contributed by atoms with Crippen molar-refractivity contribution in [1.82, 2.24) is 15.0 Å². The molecule has 124 valence electrons. The number of hydrogen-bond donors (Lipinski definition) is 0. The average Bonchev–Trinajstić information content (AvgIpc) is 2.99. The maximum absolute atomic E-state index is 12.6. The first kappa shape index (κ1) is 16.7. The molecule has 0 bridgehead atoms. The third-order valence-corrected chi connectivity index (χ3v) is 6.08. The predicted octanol–water partition coefficient (Wildman–Crippen LogP) is 3.46. The summed E-state index contributed by atoms with van der Waals surface area (Å²) in [6.07, 6.45) is 0.984. The molecule has 1 aliphatic rings. The Bertz CT molecular complexity index is 678. The zero-order valence-corrected chi connectivity index (χ0v) is 15.7. The Kier molecular flexibility index (Phi) is 5.18. The molecule has 7 heteroatoms. The lowest BCUT2D eigenvalue weighted by Gasteiger charge is -2.21. The van der Waals surface area contributed by atoms with E-state index in [-0.39, 0.29) is 5.91 Å². The molecule has 2 aromatic rings. The fourth-order valence-electron chi connectivity index (χ4n) is 2.87. The summed E-state index contributed by atoms with van der Waals surface area (Å²) in [5.74, 6) is 1.02. The Labute approximate surface area is 148 Å². The van der Waals surface area contributed by atoms with Gasteiger partial charge in [-0.15, -0.1) is 11.3 Å². The van der Waals surface area contributed by atoms with Gasteiger partial charge in [0.05, 0.1) is 5.69 Å². The van der Waals surface area contributed by atoms with Crippen LogP contribution in [0.25, 0.3) is 0 Å². The van der Waals surface area contributed by atoms with Crippen molar-refractivity contribution in [2.75, 3.05) is 26.2 Å². The van der Waals surface area contributed by atoms with Gasteiger partial charge in [-0.3, -0.25) is 9.69 Å². The van der Waals surface area contributed by atoms with Gasteiger partial charge in [-0.05, 0) is 47.6 Å². The lowest BCUT2D eigenvalue weighted by atomic mass is 10.2. The number of aryl methyl sites for hydroxylation is 2. The fourth-order valence-corrected chi connectivity index (χ4v) is 4.38. The highest BCUT2D eigenvalue weighted by atomic mass is 79.9. The van der Waals surface area contributed by atoms with Crippen LogP contribution in [0.2, 0.25) is 0 Å². The van der Waals surface area contributed by atoms with Crippen molar-refractivity contribution in [3.63, 3.8) is 0 Å². The Morgan fingerprint density at radius 3 is 2.83 bits per heavy atom. The van der Waals surface area contributed by atoms with E-state index >= 15 is 0 Å². The Hall–Kier alpha value is -1.18. The van der Waals surface area contributed by atoms with E-state index < -0.39 is 0 Å². The molecule has 1 saturated heterocycles.